The Balaban J connectivity index is 1.64. The van der Waals surface area contributed by atoms with Gasteiger partial charge in [-0.3, -0.25) is 4.79 Å². The number of benzene rings is 2. The Kier molecular flexibility index (Phi) is 7.21. The van der Waals surface area contributed by atoms with E-state index in [1.165, 1.54) is 27.8 Å². The topological polar surface area (TPSA) is 71.7 Å². The number of aryl methyl sites for hydroxylation is 2. The summed E-state index contributed by atoms with van der Waals surface area (Å²) in [7, 11) is -1.95. The van der Waals surface area contributed by atoms with Crippen LogP contribution in [0, 0.1) is 13.8 Å². The molecule has 1 saturated carbocycles. The monoisotopic (exact) mass is 497 g/mol. The van der Waals surface area contributed by atoms with Gasteiger partial charge >= 0.3 is 0 Å². The zero-order valence-electron chi connectivity index (χ0n) is 20.0. The second kappa shape index (κ2) is 9.98. The van der Waals surface area contributed by atoms with Crippen molar-refractivity contribution in [3.63, 3.8) is 0 Å². The number of nitrogens with zero attached hydrogens (tertiary/aromatic N) is 3. The Morgan fingerprint density at radius 3 is 2.50 bits per heavy atom. The van der Waals surface area contributed by atoms with Gasteiger partial charge in [-0.05, 0) is 68.1 Å². The number of amides is 1. The van der Waals surface area contributed by atoms with E-state index in [4.69, 9.17) is 0 Å². The van der Waals surface area contributed by atoms with E-state index >= 15 is 0 Å². The van der Waals surface area contributed by atoms with Crippen LogP contribution in [0.15, 0.2) is 58.9 Å². The van der Waals surface area contributed by atoms with Crippen molar-refractivity contribution in [2.75, 3.05) is 7.05 Å². The van der Waals surface area contributed by atoms with Gasteiger partial charge in [0.1, 0.15) is 0 Å². The first-order valence-corrected chi connectivity index (χ1v) is 13.9. The van der Waals surface area contributed by atoms with Gasteiger partial charge in [0.15, 0.2) is 4.80 Å². The standard InChI is InChI=1S/C26H31N3O3S2/c1-5-15-29-24-19(3)16-18(2)17-23(24)33-26(29)27-25(30)20-11-13-22(14-12-20)34(31,32)28(4)21-9-7-6-8-10-21/h5,11-14,16-17,21H,1,6-10,15H2,2-4H3. The molecule has 0 bridgehead atoms. The second-order valence-electron chi connectivity index (χ2n) is 8.97. The zero-order chi connectivity index (χ0) is 24.5. The smallest absolute Gasteiger partial charge is 0.279 e. The Morgan fingerprint density at radius 1 is 1.18 bits per heavy atom. The number of carbonyl (C=O) groups excluding carboxylic acids is 1. The minimum atomic E-state index is -3.60. The number of allylic oxidation sites excluding steroid dienone is 1. The van der Waals surface area contributed by atoms with Crippen LogP contribution in [0.4, 0.5) is 0 Å². The molecule has 0 radical (unpaired) electrons. The Hall–Kier alpha value is -2.55. The van der Waals surface area contributed by atoms with Crippen LogP contribution >= 0.6 is 11.3 Å². The predicted octanol–water partition coefficient (Wildman–Crippen LogP) is 5.20. The molecule has 2 aromatic carbocycles. The van der Waals surface area contributed by atoms with Gasteiger partial charge in [-0.25, -0.2) is 8.42 Å². The zero-order valence-corrected chi connectivity index (χ0v) is 21.6. The van der Waals surface area contributed by atoms with Crippen molar-refractivity contribution >= 4 is 37.5 Å². The minimum Gasteiger partial charge on any atom is -0.312 e. The normalized spacial score (nSPS) is 15.8. The fraction of sp³-hybridized carbons (Fsp3) is 0.385. The average molecular weight is 498 g/mol. The van der Waals surface area contributed by atoms with Gasteiger partial charge in [0.05, 0.1) is 15.1 Å². The van der Waals surface area contributed by atoms with Gasteiger partial charge in [0.25, 0.3) is 5.91 Å². The third-order valence-corrected chi connectivity index (χ3v) is 9.44. The summed E-state index contributed by atoms with van der Waals surface area (Å²) in [6, 6.07) is 10.4. The summed E-state index contributed by atoms with van der Waals surface area (Å²) in [6.45, 7) is 8.49. The third-order valence-electron chi connectivity index (χ3n) is 6.49. The number of thiazole rings is 1. The maximum absolute atomic E-state index is 13.1. The highest BCUT2D eigenvalue weighted by molar-refractivity contribution is 7.89. The molecule has 180 valence electrons. The number of aromatic nitrogens is 1. The van der Waals surface area contributed by atoms with Crippen LogP contribution in [0.5, 0.6) is 0 Å². The van der Waals surface area contributed by atoms with Crippen LogP contribution in [-0.4, -0.2) is 36.3 Å². The van der Waals surface area contributed by atoms with Gasteiger partial charge in [-0.2, -0.15) is 9.30 Å². The van der Waals surface area contributed by atoms with Crippen molar-refractivity contribution in [1.29, 1.82) is 0 Å². The highest BCUT2D eigenvalue weighted by atomic mass is 32.2. The lowest BCUT2D eigenvalue weighted by molar-refractivity contribution is 0.0997. The summed E-state index contributed by atoms with van der Waals surface area (Å²) in [5.41, 5.74) is 3.69. The fourth-order valence-corrected chi connectivity index (χ4v) is 7.33. The van der Waals surface area contributed by atoms with Crippen LogP contribution in [0.25, 0.3) is 10.2 Å². The van der Waals surface area contributed by atoms with Crippen molar-refractivity contribution in [3.05, 3.63) is 70.5 Å². The number of hydrogen-bond donors (Lipinski definition) is 0. The maximum Gasteiger partial charge on any atom is 0.279 e. The summed E-state index contributed by atoms with van der Waals surface area (Å²) in [5.74, 6) is -0.400. The Labute approximate surface area is 205 Å². The lowest BCUT2D eigenvalue weighted by atomic mass is 9.96. The molecule has 1 aromatic heterocycles. The molecule has 6 nitrogen and oxygen atoms in total. The molecule has 1 aliphatic rings. The van der Waals surface area contributed by atoms with E-state index < -0.39 is 15.9 Å². The van der Waals surface area contributed by atoms with Crippen LogP contribution in [0.3, 0.4) is 0 Å². The molecular weight excluding hydrogens is 466 g/mol. The van der Waals surface area contributed by atoms with E-state index in [1.54, 1.807) is 25.3 Å². The molecule has 3 aromatic rings. The van der Waals surface area contributed by atoms with Crippen LogP contribution in [0.1, 0.15) is 53.6 Å². The fourth-order valence-electron chi connectivity index (χ4n) is 4.70. The molecule has 1 heterocycles. The molecule has 0 N–H and O–H groups in total. The van der Waals surface area contributed by atoms with E-state index in [1.807, 2.05) is 11.5 Å². The molecule has 0 unspecified atom stereocenters. The molecule has 0 atom stereocenters. The first-order chi connectivity index (χ1) is 16.2. The van der Waals surface area contributed by atoms with Gasteiger partial charge < -0.3 is 4.57 Å². The molecule has 1 aliphatic carbocycles. The minimum absolute atomic E-state index is 0.0374. The number of carbonyl (C=O) groups is 1. The summed E-state index contributed by atoms with van der Waals surface area (Å²) in [5, 5.41) is 0. The summed E-state index contributed by atoms with van der Waals surface area (Å²) < 4.78 is 30.7. The highest BCUT2D eigenvalue weighted by Crippen LogP contribution is 2.27. The molecule has 0 aliphatic heterocycles. The molecule has 4 rings (SSSR count). The molecular formula is C26H31N3O3S2. The summed E-state index contributed by atoms with van der Waals surface area (Å²) in [6.07, 6.45) is 6.85. The quantitative estimate of drug-likeness (QED) is 0.440. The predicted molar refractivity (Wildman–Crippen MR) is 138 cm³/mol. The second-order valence-corrected chi connectivity index (χ2v) is 12.0. The third kappa shape index (κ3) is 4.80. The average Bonchev–Trinajstić information content (AvgIpc) is 3.16. The SMILES string of the molecule is C=CCn1c(=NC(=O)c2ccc(S(=O)(=O)N(C)C3CCCCC3)cc2)sc2cc(C)cc(C)c21. The Bertz CT molecular complexity index is 1390. The van der Waals surface area contributed by atoms with E-state index in [9.17, 15) is 13.2 Å². The van der Waals surface area contributed by atoms with E-state index in [2.05, 4.69) is 30.6 Å². The van der Waals surface area contributed by atoms with Crippen LogP contribution in [0.2, 0.25) is 0 Å². The van der Waals surface area contributed by atoms with Gasteiger partial charge in [0.2, 0.25) is 10.0 Å². The number of fused-ring (bicyclic) bond motifs is 1. The van der Waals surface area contributed by atoms with Crippen molar-refractivity contribution < 1.29 is 13.2 Å². The summed E-state index contributed by atoms with van der Waals surface area (Å²) >= 11 is 1.47. The van der Waals surface area contributed by atoms with Gasteiger partial charge in [-0.15, -0.1) is 6.58 Å². The van der Waals surface area contributed by atoms with E-state index in [0.717, 1.165) is 53.4 Å². The number of rotatable bonds is 6. The lowest BCUT2D eigenvalue weighted by Crippen LogP contribution is -2.38. The molecule has 34 heavy (non-hydrogen) atoms. The van der Waals surface area contributed by atoms with Gasteiger partial charge in [0, 0.05) is 25.2 Å². The molecule has 1 fully saturated rings. The molecule has 0 spiro atoms. The van der Waals surface area contributed by atoms with Crippen molar-refractivity contribution in [2.24, 2.45) is 4.99 Å². The van der Waals surface area contributed by atoms with Crippen molar-refractivity contribution in [2.45, 2.75) is 63.4 Å². The van der Waals surface area contributed by atoms with Crippen molar-refractivity contribution in [3.8, 4) is 0 Å². The maximum atomic E-state index is 13.1. The van der Waals surface area contributed by atoms with Crippen molar-refractivity contribution in [1.82, 2.24) is 8.87 Å². The number of hydrogen-bond acceptors (Lipinski definition) is 4. The van der Waals surface area contributed by atoms with E-state index in [-0.39, 0.29) is 10.9 Å². The Morgan fingerprint density at radius 2 is 1.85 bits per heavy atom. The highest BCUT2D eigenvalue weighted by Gasteiger charge is 2.29. The first-order valence-electron chi connectivity index (χ1n) is 11.6. The van der Waals surface area contributed by atoms with Crippen LogP contribution in [-0.2, 0) is 16.6 Å². The van der Waals surface area contributed by atoms with Crippen LogP contribution < -0.4 is 4.80 Å². The number of sulfonamides is 1. The lowest BCUT2D eigenvalue weighted by Gasteiger charge is -2.30. The largest absolute Gasteiger partial charge is 0.312 e. The molecule has 8 heteroatoms. The molecule has 0 saturated heterocycles. The van der Waals surface area contributed by atoms with E-state index in [0.29, 0.717) is 16.9 Å². The van der Waals surface area contributed by atoms with Gasteiger partial charge in [-0.1, -0.05) is 42.7 Å². The molecule has 1 amide bonds. The summed E-state index contributed by atoms with van der Waals surface area (Å²) in [4.78, 5) is 18.2. The first kappa shape index (κ1) is 24.6.